The molecule has 2 unspecified atom stereocenters. The Labute approximate surface area is 157 Å². The van der Waals surface area contributed by atoms with Crippen molar-refractivity contribution in [1.82, 2.24) is 10.2 Å². The van der Waals surface area contributed by atoms with Crippen molar-refractivity contribution in [3.05, 3.63) is 58.0 Å². The van der Waals surface area contributed by atoms with Gasteiger partial charge in [-0.3, -0.25) is 9.69 Å². The number of carbonyl (C=O) groups excluding carboxylic acids is 1. The molecule has 1 aromatic heterocycles. The Morgan fingerprint density at radius 1 is 1.31 bits per heavy atom. The minimum absolute atomic E-state index is 0.0439. The lowest BCUT2D eigenvalue weighted by molar-refractivity contribution is -0.123. The fourth-order valence-electron chi connectivity index (χ4n) is 3.56. The van der Waals surface area contributed by atoms with E-state index in [1.807, 2.05) is 17.5 Å². The molecule has 2 aromatic rings. The largest absolute Gasteiger partial charge is 0.396 e. The summed E-state index contributed by atoms with van der Waals surface area (Å²) in [6, 6.07) is 10.2. The van der Waals surface area contributed by atoms with Crippen molar-refractivity contribution < 1.29 is 14.3 Å². The topological polar surface area (TPSA) is 52.6 Å². The van der Waals surface area contributed by atoms with E-state index in [4.69, 9.17) is 0 Å². The summed E-state index contributed by atoms with van der Waals surface area (Å²) >= 11 is 1.57. The van der Waals surface area contributed by atoms with E-state index >= 15 is 0 Å². The number of thiophene rings is 1. The Morgan fingerprint density at radius 2 is 2.12 bits per heavy atom. The number of carbonyl (C=O) groups is 1. The van der Waals surface area contributed by atoms with Crippen LogP contribution in [0.5, 0.6) is 0 Å². The molecule has 2 heterocycles. The van der Waals surface area contributed by atoms with Gasteiger partial charge in [0.25, 0.3) is 0 Å². The first-order valence-corrected chi connectivity index (χ1v) is 9.98. The van der Waals surface area contributed by atoms with Gasteiger partial charge in [0.1, 0.15) is 5.82 Å². The quantitative estimate of drug-likeness (QED) is 0.779. The minimum Gasteiger partial charge on any atom is -0.396 e. The molecule has 1 saturated heterocycles. The van der Waals surface area contributed by atoms with Crippen molar-refractivity contribution >= 4 is 17.2 Å². The van der Waals surface area contributed by atoms with E-state index in [2.05, 4.69) is 10.2 Å². The molecule has 1 amide bonds. The lowest BCUT2D eigenvalue weighted by Gasteiger charge is -2.35. The lowest BCUT2D eigenvalue weighted by atomic mass is 9.99. The molecular formula is C20H25FN2O2S. The van der Waals surface area contributed by atoms with Crippen molar-refractivity contribution in [2.75, 3.05) is 19.7 Å². The monoisotopic (exact) mass is 376 g/mol. The molecule has 0 radical (unpaired) electrons. The van der Waals surface area contributed by atoms with Crippen LogP contribution in [0.3, 0.4) is 0 Å². The molecule has 140 valence electrons. The number of benzene rings is 1. The van der Waals surface area contributed by atoms with Crippen molar-refractivity contribution in [2.24, 2.45) is 0 Å². The van der Waals surface area contributed by atoms with Crippen LogP contribution in [0.15, 0.2) is 41.8 Å². The normalized spacial score (nSPS) is 19.2. The molecule has 1 aliphatic heterocycles. The van der Waals surface area contributed by atoms with E-state index in [1.165, 1.54) is 12.1 Å². The van der Waals surface area contributed by atoms with Gasteiger partial charge in [0.05, 0.1) is 12.6 Å². The number of aliphatic hydroxyl groups excluding tert-OH is 1. The Hall–Kier alpha value is -1.76. The summed E-state index contributed by atoms with van der Waals surface area (Å²) in [6.07, 6.45) is 3.97. The van der Waals surface area contributed by atoms with Crippen LogP contribution in [-0.4, -0.2) is 41.7 Å². The van der Waals surface area contributed by atoms with Crippen molar-refractivity contribution in [1.29, 1.82) is 0 Å². The summed E-state index contributed by atoms with van der Waals surface area (Å²) in [5.41, 5.74) is 0.868. The molecule has 2 atom stereocenters. The number of hydrogen-bond donors (Lipinski definition) is 2. The summed E-state index contributed by atoms with van der Waals surface area (Å²) < 4.78 is 13.3. The second kappa shape index (κ2) is 9.26. The van der Waals surface area contributed by atoms with Crippen LogP contribution in [0.1, 0.15) is 42.2 Å². The van der Waals surface area contributed by atoms with Crippen molar-refractivity contribution in [2.45, 2.75) is 37.8 Å². The van der Waals surface area contributed by atoms with Gasteiger partial charge in [-0.2, -0.15) is 0 Å². The maximum absolute atomic E-state index is 13.3. The van der Waals surface area contributed by atoms with Crippen molar-refractivity contribution in [3.8, 4) is 0 Å². The standard InChI is InChI=1S/C20H25FN2O2S/c21-16-8-6-15(7-9-16)20(18-5-3-13-26-18)22-19(25)14-23-11-2-1-4-17(23)10-12-24/h3,5-9,13,17,20,24H,1-2,4,10-12,14H2,(H,22,25). The zero-order valence-electron chi connectivity index (χ0n) is 14.7. The smallest absolute Gasteiger partial charge is 0.234 e. The summed E-state index contributed by atoms with van der Waals surface area (Å²) in [7, 11) is 0. The number of aliphatic hydroxyl groups is 1. The second-order valence-electron chi connectivity index (χ2n) is 6.70. The van der Waals surface area contributed by atoms with Crippen LogP contribution in [0, 0.1) is 5.82 Å². The number of nitrogens with one attached hydrogen (secondary N) is 1. The molecule has 26 heavy (non-hydrogen) atoms. The molecule has 2 N–H and O–H groups in total. The van der Waals surface area contributed by atoms with Gasteiger partial charge in [0.15, 0.2) is 0 Å². The molecule has 1 aromatic carbocycles. The third-order valence-corrected chi connectivity index (χ3v) is 5.83. The van der Waals surface area contributed by atoms with Crippen LogP contribution >= 0.6 is 11.3 Å². The van der Waals surface area contributed by atoms with Crippen LogP contribution in [0.25, 0.3) is 0 Å². The first-order chi connectivity index (χ1) is 12.7. The Kier molecular flexibility index (Phi) is 6.77. The number of piperidine rings is 1. The van der Waals surface area contributed by atoms with Gasteiger partial charge < -0.3 is 10.4 Å². The first kappa shape index (κ1) is 19.0. The maximum atomic E-state index is 13.3. The number of halogens is 1. The summed E-state index contributed by atoms with van der Waals surface area (Å²) in [5, 5.41) is 14.3. The van der Waals surface area contributed by atoms with Gasteiger partial charge in [-0.1, -0.05) is 24.6 Å². The molecule has 0 spiro atoms. The molecular weight excluding hydrogens is 351 g/mol. The Balaban J connectivity index is 1.70. The Bertz CT molecular complexity index is 688. The minimum atomic E-state index is -0.287. The Morgan fingerprint density at radius 3 is 2.81 bits per heavy atom. The average Bonchev–Trinajstić information content (AvgIpc) is 3.17. The number of hydrogen-bond acceptors (Lipinski definition) is 4. The molecule has 6 heteroatoms. The first-order valence-electron chi connectivity index (χ1n) is 9.10. The summed E-state index contributed by atoms with van der Waals surface area (Å²) in [4.78, 5) is 15.9. The zero-order valence-corrected chi connectivity index (χ0v) is 15.6. The van der Waals surface area contributed by atoms with Gasteiger partial charge in [-0.25, -0.2) is 4.39 Å². The molecule has 0 aliphatic carbocycles. The van der Waals surface area contributed by atoms with E-state index in [9.17, 15) is 14.3 Å². The SMILES string of the molecule is O=C(CN1CCCCC1CCO)NC(c1ccc(F)cc1)c1cccs1. The van der Waals surface area contributed by atoms with Gasteiger partial charge in [0.2, 0.25) is 5.91 Å². The highest BCUT2D eigenvalue weighted by molar-refractivity contribution is 7.10. The fourth-order valence-corrected chi connectivity index (χ4v) is 4.37. The lowest BCUT2D eigenvalue weighted by Crippen LogP contribution is -2.46. The molecule has 4 nitrogen and oxygen atoms in total. The van der Waals surface area contributed by atoms with E-state index in [0.29, 0.717) is 13.0 Å². The highest BCUT2D eigenvalue weighted by Crippen LogP contribution is 2.26. The van der Waals surface area contributed by atoms with Gasteiger partial charge in [-0.15, -0.1) is 11.3 Å². The zero-order chi connectivity index (χ0) is 18.4. The number of amides is 1. The third-order valence-electron chi connectivity index (χ3n) is 4.89. The van der Waals surface area contributed by atoms with Gasteiger partial charge in [0, 0.05) is 17.5 Å². The molecule has 1 aliphatic rings. The van der Waals surface area contributed by atoms with Crippen molar-refractivity contribution in [3.63, 3.8) is 0 Å². The van der Waals surface area contributed by atoms with Crippen LogP contribution < -0.4 is 5.32 Å². The van der Waals surface area contributed by atoms with Crippen LogP contribution in [0.2, 0.25) is 0 Å². The number of rotatable bonds is 7. The summed E-state index contributed by atoms with van der Waals surface area (Å²) in [6.45, 7) is 1.36. The van der Waals surface area contributed by atoms with E-state index in [1.54, 1.807) is 23.5 Å². The van der Waals surface area contributed by atoms with E-state index in [0.717, 1.165) is 36.2 Å². The molecule has 1 fully saturated rings. The third kappa shape index (κ3) is 4.90. The van der Waals surface area contributed by atoms with Crippen LogP contribution in [-0.2, 0) is 4.79 Å². The highest BCUT2D eigenvalue weighted by atomic mass is 32.1. The molecule has 0 bridgehead atoms. The maximum Gasteiger partial charge on any atom is 0.234 e. The predicted molar refractivity (Wildman–Crippen MR) is 102 cm³/mol. The fraction of sp³-hybridized carbons (Fsp3) is 0.450. The molecule has 3 rings (SSSR count). The van der Waals surface area contributed by atoms with E-state index < -0.39 is 0 Å². The summed E-state index contributed by atoms with van der Waals surface area (Å²) in [5.74, 6) is -0.331. The molecule has 0 saturated carbocycles. The average molecular weight is 376 g/mol. The van der Waals surface area contributed by atoms with Crippen LogP contribution in [0.4, 0.5) is 4.39 Å². The van der Waals surface area contributed by atoms with Gasteiger partial charge >= 0.3 is 0 Å². The van der Waals surface area contributed by atoms with E-state index in [-0.39, 0.29) is 30.4 Å². The number of likely N-dealkylation sites (tertiary alicyclic amines) is 1. The second-order valence-corrected chi connectivity index (χ2v) is 7.68. The number of nitrogens with zero attached hydrogens (tertiary/aromatic N) is 1. The van der Waals surface area contributed by atoms with Gasteiger partial charge in [-0.05, 0) is 54.9 Å². The highest BCUT2D eigenvalue weighted by Gasteiger charge is 2.25. The predicted octanol–water partition coefficient (Wildman–Crippen LogP) is 3.33.